The van der Waals surface area contributed by atoms with E-state index in [1.54, 1.807) is 0 Å². The van der Waals surface area contributed by atoms with Crippen molar-refractivity contribution in [2.45, 2.75) is 90.7 Å². The van der Waals surface area contributed by atoms with E-state index in [-0.39, 0.29) is 24.2 Å². The molecule has 0 aliphatic rings. The first kappa shape index (κ1) is 29.1. The second-order valence-electron chi connectivity index (χ2n) is 8.02. The number of hydrogen-bond donors (Lipinski definition) is 2. The van der Waals surface area contributed by atoms with Crippen molar-refractivity contribution in [2.24, 2.45) is 11.8 Å². The molecule has 3 atom stereocenters. The zero-order chi connectivity index (χ0) is 23.4. The Hall–Kier alpha value is -0.920. The monoisotopic (exact) mass is 470 g/mol. The van der Waals surface area contributed by atoms with Crippen LogP contribution in [0.5, 0.6) is 0 Å². The molecular formula is C20H39O8PS. The van der Waals surface area contributed by atoms with Crippen molar-refractivity contribution in [3.05, 3.63) is 0 Å². The van der Waals surface area contributed by atoms with Gasteiger partial charge in [0.2, 0.25) is 0 Å². The van der Waals surface area contributed by atoms with Crippen LogP contribution in [0.25, 0.3) is 0 Å². The first-order valence-corrected chi connectivity index (χ1v) is 14.4. The van der Waals surface area contributed by atoms with E-state index >= 15 is 0 Å². The maximum Gasteiger partial charge on any atom is 0.332 e. The van der Waals surface area contributed by atoms with Crippen molar-refractivity contribution >= 4 is 29.4 Å². The maximum atomic E-state index is 13.7. The number of carbonyl (C=O) groups excluding carboxylic acids is 1. The van der Waals surface area contributed by atoms with Crippen molar-refractivity contribution in [3.63, 3.8) is 0 Å². The molecule has 0 heterocycles. The average molecular weight is 471 g/mol. The summed E-state index contributed by atoms with van der Waals surface area (Å²) in [7, 11) is -8.59. The lowest BCUT2D eigenvalue weighted by Gasteiger charge is -2.27. The van der Waals surface area contributed by atoms with Gasteiger partial charge in [0.1, 0.15) is 0 Å². The minimum atomic E-state index is -5.00. The summed E-state index contributed by atoms with van der Waals surface area (Å²) in [5.74, 6) is -2.92. The summed E-state index contributed by atoms with van der Waals surface area (Å²) >= 11 is 0. The standard InChI is InChI=1S/C20H39O8PS/c1-5-9-11-16(7-3)14-29(24,15-17(8-4)12-10-6-2)28-20(23)18(13-19(21)22)30(25,26)27/h16-18H,5-15H2,1-4H3,(H,21,22)(H,25,26,27). The normalized spacial score (nSPS) is 17.0. The lowest BCUT2D eigenvalue weighted by Crippen LogP contribution is -2.34. The Bertz CT molecular complexity index is 654. The van der Waals surface area contributed by atoms with E-state index in [9.17, 15) is 27.1 Å². The molecule has 0 saturated carbocycles. The maximum absolute atomic E-state index is 13.7. The molecule has 0 rings (SSSR count). The molecule has 0 radical (unpaired) electrons. The molecule has 0 aromatic rings. The highest BCUT2D eigenvalue weighted by Crippen LogP contribution is 2.52. The summed E-state index contributed by atoms with van der Waals surface area (Å²) in [6, 6.07) is 0. The zero-order valence-corrected chi connectivity index (χ0v) is 20.4. The summed E-state index contributed by atoms with van der Waals surface area (Å²) in [5, 5.41) is 6.62. The van der Waals surface area contributed by atoms with E-state index in [1.807, 2.05) is 27.7 Å². The number of aliphatic carboxylic acids is 1. The fraction of sp³-hybridized carbons (Fsp3) is 0.900. The van der Waals surface area contributed by atoms with Crippen molar-refractivity contribution in [1.29, 1.82) is 0 Å². The quantitative estimate of drug-likeness (QED) is 0.225. The van der Waals surface area contributed by atoms with Gasteiger partial charge in [-0.15, -0.1) is 0 Å². The van der Waals surface area contributed by atoms with Crippen LogP contribution in [-0.2, 0) is 28.8 Å². The molecule has 0 bridgehead atoms. The Morgan fingerprint density at radius 1 is 0.933 bits per heavy atom. The van der Waals surface area contributed by atoms with E-state index in [2.05, 4.69) is 0 Å². The number of hydrogen-bond acceptors (Lipinski definition) is 6. The average Bonchev–Trinajstić information content (AvgIpc) is 2.65. The molecule has 8 nitrogen and oxygen atoms in total. The van der Waals surface area contributed by atoms with Gasteiger partial charge in [-0.25, -0.2) is 0 Å². The third-order valence-electron chi connectivity index (χ3n) is 5.40. The van der Waals surface area contributed by atoms with Crippen LogP contribution in [-0.4, -0.2) is 47.6 Å². The van der Waals surface area contributed by atoms with Crippen molar-refractivity contribution in [1.82, 2.24) is 0 Å². The zero-order valence-electron chi connectivity index (χ0n) is 18.7. The summed E-state index contributed by atoms with van der Waals surface area (Å²) < 4.78 is 51.4. The Morgan fingerprint density at radius 3 is 1.67 bits per heavy atom. The van der Waals surface area contributed by atoms with Crippen LogP contribution in [0.1, 0.15) is 85.5 Å². The van der Waals surface area contributed by atoms with Crippen LogP contribution >= 0.6 is 7.37 Å². The van der Waals surface area contributed by atoms with Gasteiger partial charge in [0, 0.05) is 12.3 Å². The largest absolute Gasteiger partial charge is 0.481 e. The van der Waals surface area contributed by atoms with Crippen LogP contribution in [0.2, 0.25) is 0 Å². The van der Waals surface area contributed by atoms with Gasteiger partial charge in [-0.05, 0) is 24.7 Å². The van der Waals surface area contributed by atoms with Gasteiger partial charge in [0.15, 0.2) is 5.25 Å². The second kappa shape index (κ2) is 14.2. The van der Waals surface area contributed by atoms with Gasteiger partial charge in [0.25, 0.3) is 17.5 Å². The van der Waals surface area contributed by atoms with Crippen LogP contribution in [0.4, 0.5) is 0 Å². The summed E-state index contributed by atoms with van der Waals surface area (Å²) in [6.45, 7) is 8.03. The Balaban J connectivity index is 5.74. The van der Waals surface area contributed by atoms with Gasteiger partial charge in [-0.1, -0.05) is 66.2 Å². The fourth-order valence-corrected chi connectivity index (χ4v) is 7.39. The SMILES string of the molecule is CCCCC(CC)CP(=O)(CC(CC)CCCC)OC(=O)C(CC(=O)O)S(=O)(=O)O. The number of carboxylic acids is 1. The van der Waals surface area contributed by atoms with Gasteiger partial charge < -0.3 is 9.63 Å². The Kier molecular flexibility index (Phi) is 13.8. The van der Waals surface area contributed by atoms with Gasteiger partial charge in [0.05, 0.1) is 6.42 Å². The molecule has 178 valence electrons. The third-order valence-corrected chi connectivity index (χ3v) is 9.13. The molecule has 0 aliphatic heterocycles. The second-order valence-corrected chi connectivity index (χ2v) is 12.2. The molecule has 0 amide bonds. The molecule has 2 N–H and O–H groups in total. The Labute approximate surface area is 181 Å². The van der Waals surface area contributed by atoms with E-state index < -0.39 is 41.1 Å². The van der Waals surface area contributed by atoms with Crippen LogP contribution in [0, 0.1) is 11.8 Å². The van der Waals surface area contributed by atoms with Crippen LogP contribution in [0.3, 0.4) is 0 Å². The molecule has 0 fully saturated rings. The van der Waals surface area contributed by atoms with Crippen molar-refractivity contribution in [2.75, 3.05) is 12.3 Å². The number of unbranched alkanes of at least 4 members (excludes halogenated alkanes) is 2. The van der Waals surface area contributed by atoms with E-state index in [0.29, 0.717) is 0 Å². The van der Waals surface area contributed by atoms with E-state index in [1.165, 1.54) is 0 Å². The van der Waals surface area contributed by atoms with Gasteiger partial charge in [-0.3, -0.25) is 18.7 Å². The molecule has 3 unspecified atom stereocenters. The number of carboxylic acid groups (broad SMARTS) is 1. The highest BCUT2D eigenvalue weighted by atomic mass is 32.2. The number of rotatable bonds is 17. The summed E-state index contributed by atoms with van der Waals surface area (Å²) in [6.07, 6.45) is 6.07. The highest BCUT2D eigenvalue weighted by molar-refractivity contribution is 7.87. The number of carbonyl (C=O) groups is 2. The minimum absolute atomic E-state index is 0.0518. The lowest BCUT2D eigenvalue weighted by atomic mass is 10.0. The minimum Gasteiger partial charge on any atom is -0.481 e. The van der Waals surface area contributed by atoms with Gasteiger partial charge >= 0.3 is 11.9 Å². The first-order valence-electron chi connectivity index (χ1n) is 10.9. The molecule has 0 aromatic carbocycles. The van der Waals surface area contributed by atoms with E-state index in [4.69, 9.17) is 9.63 Å². The predicted molar refractivity (Wildman–Crippen MR) is 118 cm³/mol. The first-order chi connectivity index (χ1) is 13.9. The lowest BCUT2D eigenvalue weighted by molar-refractivity contribution is -0.141. The fourth-order valence-electron chi connectivity index (χ4n) is 3.46. The van der Waals surface area contributed by atoms with Crippen LogP contribution < -0.4 is 0 Å². The van der Waals surface area contributed by atoms with Crippen molar-refractivity contribution in [3.8, 4) is 0 Å². The predicted octanol–water partition coefficient (Wildman–Crippen LogP) is 4.97. The molecule has 10 heteroatoms. The van der Waals surface area contributed by atoms with Crippen LogP contribution in [0.15, 0.2) is 0 Å². The van der Waals surface area contributed by atoms with Gasteiger partial charge in [-0.2, -0.15) is 8.42 Å². The highest BCUT2D eigenvalue weighted by Gasteiger charge is 2.40. The summed E-state index contributed by atoms with van der Waals surface area (Å²) in [4.78, 5) is 23.5. The molecule has 30 heavy (non-hydrogen) atoms. The van der Waals surface area contributed by atoms with Crippen molar-refractivity contribution < 1.29 is 36.8 Å². The van der Waals surface area contributed by atoms with E-state index in [0.717, 1.165) is 51.4 Å². The molecule has 0 spiro atoms. The summed E-state index contributed by atoms with van der Waals surface area (Å²) in [5.41, 5.74) is 0. The topological polar surface area (TPSA) is 135 Å². The molecule has 0 aliphatic carbocycles. The molecular weight excluding hydrogens is 431 g/mol. The third kappa shape index (κ3) is 11.5. The molecule has 0 saturated heterocycles. The Morgan fingerprint density at radius 2 is 1.37 bits per heavy atom. The molecule has 0 aromatic heterocycles. The smallest absolute Gasteiger partial charge is 0.332 e.